The van der Waals surface area contributed by atoms with Crippen LogP contribution in [0.4, 0.5) is 0 Å². The highest BCUT2D eigenvalue weighted by atomic mass is 16.6. The Labute approximate surface area is 420 Å². The number of unbranched alkanes of at least 4 members (excludes halogenated alkanes) is 27. The van der Waals surface area contributed by atoms with E-state index in [1.807, 2.05) is 0 Å². The molecule has 0 rings (SSSR count). The Morgan fingerprint density at radius 2 is 0.618 bits per heavy atom. The predicted octanol–water partition coefficient (Wildman–Crippen LogP) is 19.2. The molecule has 0 bridgehead atoms. The molecular weight excluding hydrogens is 841 g/mol. The van der Waals surface area contributed by atoms with E-state index in [9.17, 15) is 14.4 Å². The Morgan fingerprint density at radius 1 is 0.324 bits per heavy atom. The Balaban J connectivity index is 4.45. The lowest BCUT2D eigenvalue weighted by molar-refractivity contribution is -0.167. The molecule has 390 valence electrons. The number of hydrogen-bond donors (Lipinski definition) is 0. The number of ether oxygens (including phenoxy) is 3. The van der Waals surface area contributed by atoms with E-state index in [0.29, 0.717) is 19.3 Å². The summed E-state index contributed by atoms with van der Waals surface area (Å²) >= 11 is 0. The van der Waals surface area contributed by atoms with Crippen LogP contribution in [0, 0.1) is 0 Å². The van der Waals surface area contributed by atoms with Crippen LogP contribution in [0.2, 0.25) is 0 Å². The maximum absolute atomic E-state index is 12.9. The summed E-state index contributed by atoms with van der Waals surface area (Å²) < 4.78 is 16.8. The average molecular weight is 948 g/mol. The lowest BCUT2D eigenvalue weighted by Crippen LogP contribution is -2.30. The summed E-state index contributed by atoms with van der Waals surface area (Å²) in [6.07, 6.45) is 72.8. The van der Waals surface area contributed by atoms with Crippen molar-refractivity contribution in [3.63, 3.8) is 0 Å². The van der Waals surface area contributed by atoms with Crippen molar-refractivity contribution in [2.24, 2.45) is 0 Å². The third-order valence-electron chi connectivity index (χ3n) is 12.2. The van der Waals surface area contributed by atoms with Crippen molar-refractivity contribution in [2.45, 2.75) is 277 Å². The topological polar surface area (TPSA) is 78.9 Å². The number of rotatable bonds is 51. The van der Waals surface area contributed by atoms with Gasteiger partial charge in [-0.1, -0.05) is 247 Å². The number of carbonyl (C=O) groups is 3. The van der Waals surface area contributed by atoms with E-state index in [2.05, 4.69) is 106 Å². The van der Waals surface area contributed by atoms with E-state index >= 15 is 0 Å². The van der Waals surface area contributed by atoms with E-state index in [-0.39, 0.29) is 31.1 Å². The first kappa shape index (κ1) is 64.6. The summed E-state index contributed by atoms with van der Waals surface area (Å²) in [6.45, 7) is 6.48. The number of hydrogen-bond acceptors (Lipinski definition) is 6. The van der Waals surface area contributed by atoms with Crippen LogP contribution in [-0.4, -0.2) is 37.2 Å². The van der Waals surface area contributed by atoms with E-state index in [4.69, 9.17) is 14.2 Å². The molecule has 6 heteroatoms. The van der Waals surface area contributed by atoms with Crippen LogP contribution in [0.1, 0.15) is 271 Å². The second-order valence-corrected chi connectivity index (χ2v) is 18.9. The maximum Gasteiger partial charge on any atom is 0.306 e. The van der Waals surface area contributed by atoms with Gasteiger partial charge in [-0.2, -0.15) is 0 Å². The van der Waals surface area contributed by atoms with Gasteiger partial charge in [-0.15, -0.1) is 0 Å². The standard InChI is InChI=1S/C62H106O6/c1-4-7-10-13-16-19-22-25-28-30-31-32-35-37-40-43-46-49-52-55-61(64)67-58-59(57-66-60(63)54-51-48-45-42-39-36-33-27-24-21-18-15-12-9-6-3)68-62(65)56-53-50-47-44-41-38-34-29-26-23-20-17-14-11-8-5-2/h7,10,16,18-19,21,24-25,27-28,31-32,37,40,59H,4-6,8-9,11-15,17,20,22-23,26,29-30,33-36,38-39,41-58H2,1-3H3/b10-7-,19-16-,21-18-,27-24-,28-25-,32-31-,40-37-. The molecule has 0 aliphatic carbocycles. The molecule has 0 saturated carbocycles. The average Bonchev–Trinajstić information content (AvgIpc) is 3.34. The van der Waals surface area contributed by atoms with Gasteiger partial charge >= 0.3 is 17.9 Å². The fourth-order valence-electron chi connectivity index (χ4n) is 7.87. The molecule has 0 N–H and O–H groups in total. The third-order valence-corrected chi connectivity index (χ3v) is 12.2. The molecule has 0 fully saturated rings. The molecule has 0 aromatic carbocycles. The van der Waals surface area contributed by atoms with Gasteiger partial charge in [0, 0.05) is 19.3 Å². The molecule has 0 radical (unpaired) electrons. The normalized spacial score (nSPS) is 12.7. The number of carbonyl (C=O) groups excluding carboxylic acids is 3. The van der Waals surface area contributed by atoms with Gasteiger partial charge < -0.3 is 14.2 Å². The summed E-state index contributed by atoms with van der Waals surface area (Å²) in [6, 6.07) is 0. The van der Waals surface area contributed by atoms with E-state index in [0.717, 1.165) is 103 Å². The summed E-state index contributed by atoms with van der Waals surface area (Å²) in [5.74, 6) is -0.928. The Bertz CT molecular complexity index is 1320. The molecule has 0 aromatic heterocycles. The number of allylic oxidation sites excluding steroid dienone is 14. The van der Waals surface area contributed by atoms with Gasteiger partial charge in [0.1, 0.15) is 13.2 Å². The lowest BCUT2D eigenvalue weighted by atomic mass is 10.0. The van der Waals surface area contributed by atoms with Crippen LogP contribution in [-0.2, 0) is 28.6 Å². The smallest absolute Gasteiger partial charge is 0.306 e. The molecule has 0 amide bonds. The fraction of sp³-hybridized carbons (Fsp3) is 0.726. The molecular formula is C62H106O6. The molecule has 1 atom stereocenters. The Hall–Kier alpha value is -3.41. The van der Waals surface area contributed by atoms with Gasteiger partial charge in [0.05, 0.1) is 0 Å². The van der Waals surface area contributed by atoms with Crippen LogP contribution in [0.3, 0.4) is 0 Å². The minimum absolute atomic E-state index is 0.0918. The quantitative estimate of drug-likeness (QED) is 0.0199. The minimum atomic E-state index is -0.794. The molecule has 0 aliphatic rings. The molecule has 6 nitrogen and oxygen atoms in total. The van der Waals surface area contributed by atoms with Crippen molar-refractivity contribution < 1.29 is 28.6 Å². The second-order valence-electron chi connectivity index (χ2n) is 18.9. The Morgan fingerprint density at radius 3 is 1.03 bits per heavy atom. The molecule has 68 heavy (non-hydrogen) atoms. The van der Waals surface area contributed by atoms with Crippen LogP contribution >= 0.6 is 0 Å². The van der Waals surface area contributed by atoms with Crippen molar-refractivity contribution in [3.8, 4) is 0 Å². The zero-order chi connectivity index (χ0) is 49.3. The van der Waals surface area contributed by atoms with Crippen molar-refractivity contribution in [2.75, 3.05) is 13.2 Å². The first-order valence-corrected chi connectivity index (χ1v) is 28.6. The lowest BCUT2D eigenvalue weighted by Gasteiger charge is -2.18. The summed E-state index contributed by atoms with van der Waals surface area (Å²) in [7, 11) is 0. The van der Waals surface area contributed by atoms with Gasteiger partial charge in [-0.25, -0.2) is 0 Å². The highest BCUT2D eigenvalue weighted by Gasteiger charge is 2.19. The van der Waals surface area contributed by atoms with Gasteiger partial charge in [0.2, 0.25) is 0 Å². The van der Waals surface area contributed by atoms with Gasteiger partial charge in [-0.05, 0) is 89.9 Å². The van der Waals surface area contributed by atoms with Crippen molar-refractivity contribution >= 4 is 17.9 Å². The van der Waals surface area contributed by atoms with Crippen LogP contribution < -0.4 is 0 Å². The van der Waals surface area contributed by atoms with Crippen molar-refractivity contribution in [1.29, 1.82) is 0 Å². The summed E-state index contributed by atoms with van der Waals surface area (Å²) in [4.78, 5) is 38.1. The van der Waals surface area contributed by atoms with E-state index in [1.165, 1.54) is 128 Å². The zero-order valence-corrected chi connectivity index (χ0v) is 44.6. The molecule has 0 spiro atoms. The van der Waals surface area contributed by atoms with Gasteiger partial charge in [0.15, 0.2) is 6.10 Å². The Kier molecular flexibility index (Phi) is 53.4. The predicted molar refractivity (Wildman–Crippen MR) is 293 cm³/mol. The second kappa shape index (κ2) is 56.2. The van der Waals surface area contributed by atoms with Crippen molar-refractivity contribution in [1.82, 2.24) is 0 Å². The van der Waals surface area contributed by atoms with Gasteiger partial charge in [0.25, 0.3) is 0 Å². The first-order valence-electron chi connectivity index (χ1n) is 28.6. The van der Waals surface area contributed by atoms with E-state index in [1.54, 1.807) is 0 Å². The molecule has 0 aromatic rings. The van der Waals surface area contributed by atoms with Crippen LogP contribution in [0.15, 0.2) is 85.1 Å². The van der Waals surface area contributed by atoms with Gasteiger partial charge in [-0.3, -0.25) is 14.4 Å². The monoisotopic (exact) mass is 947 g/mol. The molecule has 1 unspecified atom stereocenters. The number of esters is 3. The fourth-order valence-corrected chi connectivity index (χ4v) is 7.87. The SMILES string of the molecule is CC/C=C\C/C=C\C/C=C\C/C=C\C/C=C\CCCCCC(=O)OCC(COC(=O)CCCCCCCC/C=C\C=C/CCCCC)OC(=O)CCCCCCCCCCCCCCCCCC. The van der Waals surface area contributed by atoms with Crippen molar-refractivity contribution in [3.05, 3.63) is 85.1 Å². The van der Waals surface area contributed by atoms with E-state index < -0.39 is 6.10 Å². The minimum Gasteiger partial charge on any atom is -0.462 e. The molecule has 0 aliphatic heterocycles. The first-order chi connectivity index (χ1) is 33.5. The van der Waals surface area contributed by atoms with Crippen LogP contribution in [0.5, 0.6) is 0 Å². The zero-order valence-electron chi connectivity index (χ0n) is 44.6. The maximum atomic E-state index is 12.9. The molecule has 0 heterocycles. The highest BCUT2D eigenvalue weighted by molar-refractivity contribution is 5.71. The third kappa shape index (κ3) is 53.5. The van der Waals surface area contributed by atoms with Crippen LogP contribution in [0.25, 0.3) is 0 Å². The summed E-state index contributed by atoms with van der Waals surface area (Å²) in [5.41, 5.74) is 0. The molecule has 0 saturated heterocycles. The summed E-state index contributed by atoms with van der Waals surface area (Å²) in [5, 5.41) is 0. The largest absolute Gasteiger partial charge is 0.462 e. The highest BCUT2D eigenvalue weighted by Crippen LogP contribution is 2.16.